The molecule has 0 bridgehead atoms. The van der Waals surface area contributed by atoms with Crippen molar-refractivity contribution < 1.29 is 13.6 Å². The highest BCUT2D eigenvalue weighted by Crippen LogP contribution is 2.27. The van der Waals surface area contributed by atoms with Crippen LogP contribution < -0.4 is 0 Å². The molecule has 0 fully saturated rings. The van der Waals surface area contributed by atoms with E-state index < -0.39 is 11.6 Å². The summed E-state index contributed by atoms with van der Waals surface area (Å²) < 4.78 is 29.7. The van der Waals surface area contributed by atoms with E-state index in [1.807, 2.05) is 13.0 Å². The third-order valence-electron chi connectivity index (χ3n) is 5.20. The van der Waals surface area contributed by atoms with Gasteiger partial charge in [-0.2, -0.15) is 5.10 Å². The van der Waals surface area contributed by atoms with Gasteiger partial charge in [0.2, 0.25) is 0 Å². The second-order valence-corrected chi connectivity index (χ2v) is 7.08. The first-order chi connectivity index (χ1) is 14.5. The van der Waals surface area contributed by atoms with Crippen LogP contribution in [0.3, 0.4) is 0 Å². The summed E-state index contributed by atoms with van der Waals surface area (Å²) in [6, 6.07) is 5.94. The molecule has 1 aliphatic rings. The molecule has 7 heteroatoms. The molecular weight excluding hydrogens is 386 g/mol. The number of amides is 1. The quantitative estimate of drug-likeness (QED) is 0.627. The van der Waals surface area contributed by atoms with Crippen LogP contribution in [0.15, 0.2) is 48.8 Å². The molecule has 3 aromatic rings. The first-order valence-electron chi connectivity index (χ1n) is 9.54. The van der Waals surface area contributed by atoms with Crippen LogP contribution in [0.4, 0.5) is 8.78 Å². The zero-order chi connectivity index (χ0) is 21.3. The zero-order valence-electron chi connectivity index (χ0n) is 16.6. The van der Waals surface area contributed by atoms with Gasteiger partial charge in [0, 0.05) is 23.5 Å². The number of nitrogens with one attached hydrogen (secondary N) is 1. The van der Waals surface area contributed by atoms with E-state index in [1.165, 1.54) is 17.0 Å². The van der Waals surface area contributed by atoms with Crippen molar-refractivity contribution in [3.63, 3.8) is 0 Å². The molecule has 0 atom stereocenters. The summed E-state index contributed by atoms with van der Waals surface area (Å²) in [6.07, 6.45) is 8.77. The molecule has 4 rings (SSSR count). The Balaban J connectivity index is 1.57. The monoisotopic (exact) mass is 406 g/mol. The number of aromatic nitrogens is 3. The minimum atomic E-state index is -0.686. The largest absolute Gasteiger partial charge is 0.328 e. The van der Waals surface area contributed by atoms with Crippen LogP contribution in [-0.4, -0.2) is 26.0 Å². The van der Waals surface area contributed by atoms with Crippen LogP contribution in [0.1, 0.15) is 45.4 Å². The number of hydrogen-bond acceptors (Lipinski definition) is 3. The third kappa shape index (κ3) is 3.66. The van der Waals surface area contributed by atoms with Crippen LogP contribution >= 0.6 is 0 Å². The molecule has 2 aromatic heterocycles. The van der Waals surface area contributed by atoms with Crippen molar-refractivity contribution in [2.24, 2.45) is 0 Å². The van der Waals surface area contributed by atoms with Gasteiger partial charge in [0.15, 0.2) is 0 Å². The molecule has 3 heterocycles. The van der Waals surface area contributed by atoms with E-state index in [2.05, 4.69) is 15.2 Å². The third-order valence-corrected chi connectivity index (χ3v) is 5.20. The first kappa shape index (κ1) is 19.7. The Labute approximate surface area is 172 Å². The Morgan fingerprint density at radius 3 is 2.70 bits per heavy atom. The lowest BCUT2D eigenvalue weighted by Gasteiger charge is -2.17. The average Bonchev–Trinajstić information content (AvgIpc) is 3.28. The van der Waals surface area contributed by atoms with Gasteiger partial charge in [-0.05, 0) is 49.2 Å². The van der Waals surface area contributed by atoms with Crippen molar-refractivity contribution in [2.45, 2.75) is 26.9 Å². The SMILES string of the molecule is C/C=C(\C=C/c1c[nH]nc1C)c1cc(F)c(CN2Cc3ncccc3C2=O)c(F)c1. The van der Waals surface area contributed by atoms with Crippen LogP contribution in [0.5, 0.6) is 0 Å². The number of hydrogen-bond donors (Lipinski definition) is 1. The fourth-order valence-corrected chi connectivity index (χ4v) is 3.50. The van der Waals surface area contributed by atoms with Crippen molar-refractivity contribution >= 4 is 17.6 Å². The Morgan fingerprint density at radius 2 is 2.07 bits per heavy atom. The van der Waals surface area contributed by atoms with Gasteiger partial charge >= 0.3 is 0 Å². The second-order valence-electron chi connectivity index (χ2n) is 7.08. The van der Waals surface area contributed by atoms with E-state index in [1.54, 1.807) is 43.6 Å². The lowest BCUT2D eigenvalue weighted by Crippen LogP contribution is -2.24. The highest BCUT2D eigenvalue weighted by molar-refractivity contribution is 5.97. The molecule has 5 nitrogen and oxygen atoms in total. The molecule has 152 valence electrons. The normalized spacial score (nSPS) is 14.1. The first-order valence-corrected chi connectivity index (χ1v) is 9.54. The molecule has 30 heavy (non-hydrogen) atoms. The van der Waals surface area contributed by atoms with Crippen molar-refractivity contribution in [3.8, 4) is 0 Å². The summed E-state index contributed by atoms with van der Waals surface area (Å²) in [6.45, 7) is 3.76. The molecule has 0 saturated carbocycles. The second kappa shape index (κ2) is 8.02. The number of aromatic amines is 1. The van der Waals surface area contributed by atoms with Gasteiger partial charge in [-0.1, -0.05) is 18.2 Å². The number of pyridine rings is 1. The van der Waals surface area contributed by atoms with Gasteiger partial charge < -0.3 is 4.90 Å². The molecule has 0 saturated heterocycles. The number of allylic oxidation sites excluding steroid dienone is 3. The molecule has 1 N–H and O–H groups in total. The maximum atomic E-state index is 14.8. The number of rotatable bonds is 5. The van der Waals surface area contributed by atoms with Crippen LogP contribution in [0, 0.1) is 18.6 Å². The van der Waals surface area contributed by atoms with E-state index in [-0.39, 0.29) is 24.6 Å². The molecule has 0 radical (unpaired) electrons. The minimum absolute atomic E-state index is 0.134. The topological polar surface area (TPSA) is 61.9 Å². The van der Waals surface area contributed by atoms with E-state index in [0.29, 0.717) is 22.4 Å². The van der Waals surface area contributed by atoms with Crippen molar-refractivity contribution in [2.75, 3.05) is 0 Å². The molecule has 1 aliphatic heterocycles. The fourth-order valence-electron chi connectivity index (χ4n) is 3.50. The molecule has 1 amide bonds. The minimum Gasteiger partial charge on any atom is -0.328 e. The number of carbonyl (C=O) groups excluding carboxylic acids is 1. The van der Waals surface area contributed by atoms with Crippen LogP contribution in [0.2, 0.25) is 0 Å². The van der Waals surface area contributed by atoms with E-state index in [4.69, 9.17) is 0 Å². The van der Waals surface area contributed by atoms with Gasteiger partial charge in [0.25, 0.3) is 5.91 Å². The van der Waals surface area contributed by atoms with Crippen molar-refractivity contribution in [1.29, 1.82) is 0 Å². The van der Waals surface area contributed by atoms with Crippen molar-refractivity contribution in [1.82, 2.24) is 20.1 Å². The van der Waals surface area contributed by atoms with Gasteiger partial charge in [0.1, 0.15) is 11.6 Å². The summed E-state index contributed by atoms with van der Waals surface area (Å²) in [5.41, 5.74) is 3.79. The van der Waals surface area contributed by atoms with E-state index >= 15 is 0 Å². The summed E-state index contributed by atoms with van der Waals surface area (Å²) in [5, 5.41) is 6.82. The van der Waals surface area contributed by atoms with E-state index in [9.17, 15) is 13.6 Å². The van der Waals surface area contributed by atoms with Crippen LogP contribution in [-0.2, 0) is 13.1 Å². The lowest BCUT2D eigenvalue weighted by atomic mass is 10.0. The average molecular weight is 406 g/mol. The Bertz CT molecular complexity index is 1160. The molecule has 0 aliphatic carbocycles. The Hall–Kier alpha value is -3.61. The standard InChI is InChI=1S/C23H20F2N4O/c1-3-15(6-7-16-11-27-28-14(16)2)17-9-20(24)19(21(25)10-17)12-29-13-22-18(23(29)30)5-4-8-26-22/h3-11H,12-13H2,1-2H3,(H,27,28)/b7-6-,15-3+. The van der Waals surface area contributed by atoms with Gasteiger partial charge in [-0.25, -0.2) is 8.78 Å². The predicted molar refractivity (Wildman–Crippen MR) is 110 cm³/mol. The highest BCUT2D eigenvalue weighted by Gasteiger charge is 2.29. The highest BCUT2D eigenvalue weighted by atomic mass is 19.1. The zero-order valence-corrected chi connectivity index (χ0v) is 16.6. The summed E-state index contributed by atoms with van der Waals surface area (Å²) in [5.74, 6) is -1.64. The molecule has 0 spiro atoms. The fraction of sp³-hybridized carbons (Fsp3) is 0.174. The Kier molecular flexibility index (Phi) is 5.27. The number of H-pyrrole nitrogens is 1. The van der Waals surface area contributed by atoms with Gasteiger partial charge in [-0.15, -0.1) is 0 Å². The Morgan fingerprint density at radius 1 is 1.30 bits per heavy atom. The lowest BCUT2D eigenvalue weighted by molar-refractivity contribution is 0.0763. The maximum absolute atomic E-state index is 14.8. The van der Waals surface area contributed by atoms with Crippen LogP contribution in [0.25, 0.3) is 11.6 Å². The molecule has 0 unspecified atom stereocenters. The van der Waals surface area contributed by atoms with Crippen molar-refractivity contribution in [3.05, 3.63) is 94.1 Å². The number of halogens is 2. The maximum Gasteiger partial charge on any atom is 0.256 e. The van der Waals surface area contributed by atoms with E-state index in [0.717, 1.165) is 11.3 Å². The predicted octanol–water partition coefficient (Wildman–Crippen LogP) is 4.66. The number of aryl methyl sites for hydroxylation is 1. The number of fused-ring (bicyclic) bond motifs is 1. The molecule has 1 aromatic carbocycles. The molecular formula is C23H20F2N4O. The number of nitrogens with zero attached hydrogens (tertiary/aromatic N) is 3. The number of benzene rings is 1. The smallest absolute Gasteiger partial charge is 0.256 e. The summed E-state index contributed by atoms with van der Waals surface area (Å²) in [7, 11) is 0. The summed E-state index contributed by atoms with van der Waals surface area (Å²) >= 11 is 0. The summed E-state index contributed by atoms with van der Waals surface area (Å²) in [4.78, 5) is 18.1. The van der Waals surface area contributed by atoms with Gasteiger partial charge in [0.05, 0.1) is 30.0 Å². The number of carbonyl (C=O) groups is 1. The van der Waals surface area contributed by atoms with Gasteiger partial charge in [-0.3, -0.25) is 14.9 Å².